The van der Waals surface area contributed by atoms with E-state index in [1.165, 1.54) is 37.5 Å². The summed E-state index contributed by atoms with van der Waals surface area (Å²) in [4.78, 5) is 16.2. The molecule has 2 rings (SSSR count). The summed E-state index contributed by atoms with van der Waals surface area (Å²) in [5.41, 5.74) is 1.45. The molecular formula is C18H20F3N3O4S. The number of alkyl halides is 3. The van der Waals surface area contributed by atoms with Crippen molar-refractivity contribution in [2.45, 2.75) is 31.5 Å². The molecule has 0 saturated carbocycles. The maximum absolute atomic E-state index is 12.5. The quantitative estimate of drug-likeness (QED) is 0.702. The molecule has 1 aromatic carbocycles. The van der Waals surface area contributed by atoms with Crippen molar-refractivity contribution in [2.75, 3.05) is 13.7 Å². The number of hydrogen-bond donors (Lipinski definition) is 2. The van der Waals surface area contributed by atoms with Crippen LogP contribution >= 0.6 is 0 Å². The molecule has 11 heteroatoms. The molecule has 0 saturated heterocycles. The number of aryl methyl sites for hydroxylation is 1. The van der Waals surface area contributed by atoms with Gasteiger partial charge in [0.05, 0.1) is 4.90 Å². The van der Waals surface area contributed by atoms with Crippen molar-refractivity contribution in [3.63, 3.8) is 0 Å². The van der Waals surface area contributed by atoms with Crippen molar-refractivity contribution in [1.82, 2.24) is 15.0 Å². The van der Waals surface area contributed by atoms with Crippen LogP contribution in [0.25, 0.3) is 0 Å². The second kappa shape index (κ2) is 8.78. The Morgan fingerprint density at radius 3 is 2.55 bits per heavy atom. The van der Waals surface area contributed by atoms with E-state index in [1.807, 2.05) is 0 Å². The van der Waals surface area contributed by atoms with Gasteiger partial charge in [0.15, 0.2) is 6.61 Å². The Morgan fingerprint density at radius 2 is 1.93 bits per heavy atom. The van der Waals surface area contributed by atoms with Gasteiger partial charge in [-0.2, -0.15) is 13.2 Å². The maximum atomic E-state index is 12.5. The van der Waals surface area contributed by atoms with Crippen molar-refractivity contribution in [3.8, 4) is 5.88 Å². The highest BCUT2D eigenvalue weighted by Crippen LogP contribution is 2.22. The summed E-state index contributed by atoms with van der Waals surface area (Å²) in [7, 11) is -2.50. The number of pyridine rings is 1. The van der Waals surface area contributed by atoms with Crippen LogP contribution in [-0.2, 0) is 16.6 Å². The lowest BCUT2D eigenvalue weighted by Gasteiger charge is -2.14. The number of ether oxygens (including phenoxy) is 1. The molecule has 0 spiro atoms. The van der Waals surface area contributed by atoms with E-state index < -0.39 is 28.7 Å². The van der Waals surface area contributed by atoms with E-state index in [4.69, 9.17) is 0 Å². The number of halogens is 3. The van der Waals surface area contributed by atoms with Gasteiger partial charge in [-0.1, -0.05) is 6.07 Å². The van der Waals surface area contributed by atoms with E-state index in [2.05, 4.69) is 19.8 Å². The molecule has 7 nitrogen and oxygen atoms in total. The predicted octanol–water partition coefficient (Wildman–Crippen LogP) is 2.48. The monoisotopic (exact) mass is 431 g/mol. The number of nitrogens with zero attached hydrogens (tertiary/aromatic N) is 1. The third-order valence-electron chi connectivity index (χ3n) is 4.10. The zero-order valence-corrected chi connectivity index (χ0v) is 16.7. The summed E-state index contributed by atoms with van der Waals surface area (Å²) in [6, 6.07) is 5.74. The fraction of sp³-hybridized carbons (Fsp3) is 0.333. The molecule has 0 fully saturated rings. The van der Waals surface area contributed by atoms with Gasteiger partial charge in [0.25, 0.3) is 5.91 Å². The van der Waals surface area contributed by atoms with Crippen molar-refractivity contribution < 1.29 is 31.1 Å². The van der Waals surface area contributed by atoms with Gasteiger partial charge >= 0.3 is 6.18 Å². The molecule has 0 radical (unpaired) electrons. The van der Waals surface area contributed by atoms with Crippen LogP contribution in [0.15, 0.2) is 35.4 Å². The SMILES string of the molecule is CNS(=O)(=O)c1cc(C(=O)NCc2cccnc2OCC(F)(F)F)cc(C)c1C. The first-order valence-corrected chi connectivity index (χ1v) is 9.89. The first kappa shape index (κ1) is 22.6. The number of amides is 1. The van der Waals surface area contributed by atoms with Gasteiger partial charge in [-0.3, -0.25) is 4.79 Å². The molecule has 0 aliphatic heterocycles. The van der Waals surface area contributed by atoms with Crippen molar-refractivity contribution >= 4 is 15.9 Å². The number of benzene rings is 1. The number of nitrogens with one attached hydrogen (secondary N) is 2. The van der Waals surface area contributed by atoms with Gasteiger partial charge in [0.2, 0.25) is 15.9 Å². The lowest BCUT2D eigenvalue weighted by molar-refractivity contribution is -0.154. The fourth-order valence-electron chi connectivity index (χ4n) is 2.46. The van der Waals surface area contributed by atoms with Crippen molar-refractivity contribution in [1.29, 1.82) is 0 Å². The van der Waals surface area contributed by atoms with E-state index in [0.29, 0.717) is 11.1 Å². The Kier molecular flexibility index (Phi) is 6.85. The van der Waals surface area contributed by atoms with Gasteiger partial charge in [-0.15, -0.1) is 0 Å². The molecule has 0 bridgehead atoms. The second-order valence-electron chi connectivity index (χ2n) is 6.18. The lowest BCUT2D eigenvalue weighted by atomic mass is 10.1. The molecule has 0 aliphatic carbocycles. The zero-order valence-electron chi connectivity index (χ0n) is 15.9. The van der Waals surface area contributed by atoms with Crippen molar-refractivity contribution in [2.24, 2.45) is 0 Å². The Balaban J connectivity index is 2.21. The van der Waals surface area contributed by atoms with Crippen LogP contribution in [0.2, 0.25) is 0 Å². The first-order chi connectivity index (χ1) is 13.4. The number of hydrogen-bond acceptors (Lipinski definition) is 5. The van der Waals surface area contributed by atoms with Crippen LogP contribution in [0.5, 0.6) is 5.88 Å². The number of sulfonamides is 1. The molecule has 0 aliphatic rings. The standard InChI is InChI=1S/C18H20F3N3O4S/c1-11-7-14(8-15(12(11)2)29(26,27)22-3)16(25)24-9-13-5-4-6-23-17(13)28-10-18(19,20)21/h4-8,22H,9-10H2,1-3H3,(H,24,25). The Labute approximate surface area is 166 Å². The van der Waals surface area contributed by atoms with Crippen LogP contribution in [0.3, 0.4) is 0 Å². The number of carbonyl (C=O) groups excluding carboxylic acids is 1. The minimum Gasteiger partial charge on any atom is -0.468 e. The number of carbonyl (C=O) groups is 1. The number of aromatic nitrogens is 1. The van der Waals surface area contributed by atoms with Crippen LogP contribution in [0.1, 0.15) is 27.0 Å². The lowest BCUT2D eigenvalue weighted by Crippen LogP contribution is -2.26. The summed E-state index contributed by atoms with van der Waals surface area (Å²) in [6.07, 6.45) is -3.25. The van der Waals surface area contributed by atoms with Crippen LogP contribution in [0, 0.1) is 13.8 Å². The van der Waals surface area contributed by atoms with E-state index >= 15 is 0 Å². The molecule has 2 aromatic rings. The van der Waals surface area contributed by atoms with E-state index in [0.717, 1.165) is 0 Å². The Morgan fingerprint density at radius 1 is 1.24 bits per heavy atom. The molecule has 0 atom stereocenters. The van der Waals surface area contributed by atoms with E-state index in [1.54, 1.807) is 13.8 Å². The average molecular weight is 431 g/mol. The first-order valence-electron chi connectivity index (χ1n) is 8.41. The minimum absolute atomic E-state index is 0.0271. The minimum atomic E-state index is -4.52. The average Bonchev–Trinajstić information content (AvgIpc) is 2.66. The normalized spacial score (nSPS) is 11.9. The smallest absolute Gasteiger partial charge is 0.422 e. The summed E-state index contributed by atoms with van der Waals surface area (Å²) in [5, 5.41) is 2.54. The van der Waals surface area contributed by atoms with Crippen LogP contribution in [0.4, 0.5) is 13.2 Å². The molecule has 1 heterocycles. The third-order valence-corrected chi connectivity index (χ3v) is 5.64. The van der Waals surface area contributed by atoms with Crippen molar-refractivity contribution in [3.05, 3.63) is 52.7 Å². The molecule has 158 valence electrons. The summed E-state index contributed by atoms with van der Waals surface area (Å²) in [5.74, 6) is -0.838. The summed E-state index contributed by atoms with van der Waals surface area (Å²) < 4.78 is 68.3. The third kappa shape index (κ3) is 5.91. The van der Waals surface area contributed by atoms with Gasteiger partial charge in [-0.05, 0) is 50.2 Å². The Hall–Kier alpha value is -2.66. The van der Waals surface area contributed by atoms with Gasteiger partial charge in [0.1, 0.15) is 0 Å². The summed E-state index contributed by atoms with van der Waals surface area (Å²) >= 11 is 0. The molecule has 1 amide bonds. The molecule has 2 N–H and O–H groups in total. The second-order valence-corrected chi connectivity index (χ2v) is 8.03. The highest BCUT2D eigenvalue weighted by Gasteiger charge is 2.29. The molecule has 29 heavy (non-hydrogen) atoms. The fourth-order valence-corrected chi connectivity index (χ4v) is 3.53. The van der Waals surface area contributed by atoms with Crippen LogP contribution in [-0.4, -0.2) is 39.1 Å². The highest BCUT2D eigenvalue weighted by molar-refractivity contribution is 7.89. The maximum Gasteiger partial charge on any atom is 0.422 e. The number of rotatable bonds is 7. The largest absolute Gasteiger partial charge is 0.468 e. The zero-order chi connectivity index (χ0) is 21.8. The topological polar surface area (TPSA) is 97.4 Å². The summed E-state index contributed by atoms with van der Waals surface area (Å²) in [6.45, 7) is 1.64. The Bertz CT molecular complexity index is 1010. The highest BCUT2D eigenvalue weighted by atomic mass is 32.2. The van der Waals surface area contributed by atoms with Gasteiger partial charge < -0.3 is 10.1 Å². The van der Waals surface area contributed by atoms with E-state index in [-0.39, 0.29) is 28.4 Å². The molecular weight excluding hydrogens is 411 g/mol. The van der Waals surface area contributed by atoms with Gasteiger partial charge in [-0.25, -0.2) is 18.1 Å². The predicted molar refractivity (Wildman–Crippen MR) is 99.1 cm³/mol. The van der Waals surface area contributed by atoms with Gasteiger partial charge in [0, 0.05) is 23.9 Å². The van der Waals surface area contributed by atoms with Crippen LogP contribution < -0.4 is 14.8 Å². The molecule has 0 unspecified atom stereocenters. The van der Waals surface area contributed by atoms with E-state index in [9.17, 15) is 26.4 Å². The molecule has 1 aromatic heterocycles.